The molecular formula is C29H38N4O5. The van der Waals surface area contributed by atoms with Gasteiger partial charge in [-0.15, -0.1) is 0 Å². The molecule has 2 aromatic carbocycles. The van der Waals surface area contributed by atoms with Crippen LogP contribution in [0.1, 0.15) is 52.5 Å². The fourth-order valence-electron chi connectivity index (χ4n) is 3.72. The smallest absolute Gasteiger partial charge is 0.325 e. The third kappa shape index (κ3) is 8.33. The molecule has 0 unspecified atom stereocenters. The summed E-state index contributed by atoms with van der Waals surface area (Å²) in [6.45, 7) is 8.61. The number of benzene rings is 2. The molecule has 204 valence electrons. The number of fused-ring (bicyclic) bond motifs is 1. The molecule has 0 bridgehead atoms. The lowest BCUT2D eigenvalue weighted by molar-refractivity contribution is -0.147. The molecule has 1 N–H and O–H groups in total. The van der Waals surface area contributed by atoms with Gasteiger partial charge < -0.3 is 19.3 Å². The summed E-state index contributed by atoms with van der Waals surface area (Å²) in [5, 5.41) is 2.79. The van der Waals surface area contributed by atoms with Crippen LogP contribution in [-0.4, -0.2) is 55.4 Å². The van der Waals surface area contributed by atoms with Gasteiger partial charge in [0.1, 0.15) is 12.3 Å². The fourth-order valence-corrected chi connectivity index (χ4v) is 3.72. The highest BCUT2D eigenvalue weighted by Crippen LogP contribution is 2.33. The molecule has 3 rings (SSSR count). The number of hydrogen-bond donors (Lipinski definition) is 1. The van der Waals surface area contributed by atoms with Gasteiger partial charge in [-0.1, -0.05) is 52.0 Å². The summed E-state index contributed by atoms with van der Waals surface area (Å²) in [6, 6.07) is 15.0. The van der Waals surface area contributed by atoms with E-state index < -0.39 is 5.97 Å². The maximum atomic E-state index is 12.6. The number of guanidine groups is 1. The van der Waals surface area contributed by atoms with Gasteiger partial charge in [0.05, 0.1) is 25.4 Å². The molecule has 1 heterocycles. The SMILES string of the molecule is CCC(=O)NC1=Nc2cccc(OCCCC(=O)N(C)c3ccccc3)c2CN1CC(=O)OCC(C)(C)C. The average Bonchev–Trinajstić information content (AvgIpc) is 2.89. The zero-order valence-electron chi connectivity index (χ0n) is 23.0. The molecule has 2 amide bonds. The summed E-state index contributed by atoms with van der Waals surface area (Å²) in [5.41, 5.74) is 2.16. The summed E-state index contributed by atoms with van der Waals surface area (Å²) in [5.74, 6) is 0.350. The molecule has 0 radical (unpaired) electrons. The Balaban J connectivity index is 1.66. The molecule has 0 spiro atoms. The van der Waals surface area contributed by atoms with Crippen molar-refractivity contribution < 1.29 is 23.9 Å². The molecule has 0 aromatic heterocycles. The first kappa shape index (κ1) is 28.7. The molecule has 1 aliphatic heterocycles. The van der Waals surface area contributed by atoms with Crippen molar-refractivity contribution in [2.75, 3.05) is 31.7 Å². The predicted molar refractivity (Wildman–Crippen MR) is 147 cm³/mol. The monoisotopic (exact) mass is 522 g/mol. The molecule has 0 atom stereocenters. The van der Waals surface area contributed by atoms with Crippen molar-refractivity contribution in [3.05, 3.63) is 54.1 Å². The quantitative estimate of drug-likeness (QED) is 0.366. The van der Waals surface area contributed by atoms with E-state index in [1.54, 1.807) is 23.8 Å². The number of amides is 2. The highest BCUT2D eigenvalue weighted by atomic mass is 16.5. The van der Waals surface area contributed by atoms with Crippen LogP contribution in [0.2, 0.25) is 0 Å². The number of para-hydroxylation sites is 1. The van der Waals surface area contributed by atoms with Gasteiger partial charge in [0, 0.05) is 31.1 Å². The minimum atomic E-state index is -0.402. The molecule has 0 aliphatic carbocycles. The van der Waals surface area contributed by atoms with Crippen molar-refractivity contribution in [1.29, 1.82) is 0 Å². The average molecular weight is 523 g/mol. The summed E-state index contributed by atoms with van der Waals surface area (Å²) in [4.78, 5) is 45.2. The van der Waals surface area contributed by atoms with Crippen LogP contribution in [0.25, 0.3) is 0 Å². The number of nitrogens with zero attached hydrogens (tertiary/aromatic N) is 3. The standard InChI is InChI=1S/C29H38N4O5/c1-6-25(34)31-28-30-23-14-10-15-24(22(23)18-33(28)19-27(36)38-20-29(2,3)4)37-17-11-16-26(35)32(5)21-12-8-7-9-13-21/h7-10,12-15H,6,11,16-20H2,1-5H3,(H,30,31,34). The van der Waals surface area contributed by atoms with E-state index >= 15 is 0 Å². The zero-order valence-corrected chi connectivity index (χ0v) is 23.0. The molecule has 1 aliphatic rings. The van der Waals surface area contributed by atoms with Crippen molar-refractivity contribution in [1.82, 2.24) is 10.2 Å². The minimum absolute atomic E-state index is 0.00995. The first-order valence-corrected chi connectivity index (χ1v) is 12.9. The minimum Gasteiger partial charge on any atom is -0.493 e. The second-order valence-electron chi connectivity index (χ2n) is 10.4. The van der Waals surface area contributed by atoms with E-state index in [2.05, 4.69) is 10.3 Å². The Morgan fingerprint density at radius 1 is 1.08 bits per heavy atom. The number of carbonyl (C=O) groups is 3. The van der Waals surface area contributed by atoms with Gasteiger partial charge in [0.2, 0.25) is 17.8 Å². The van der Waals surface area contributed by atoms with Crippen LogP contribution >= 0.6 is 0 Å². The molecule has 0 fully saturated rings. The van der Waals surface area contributed by atoms with E-state index in [4.69, 9.17) is 9.47 Å². The molecule has 0 saturated carbocycles. The van der Waals surface area contributed by atoms with Gasteiger partial charge in [0.15, 0.2) is 0 Å². The zero-order chi connectivity index (χ0) is 27.7. The van der Waals surface area contributed by atoms with Crippen LogP contribution in [0.4, 0.5) is 11.4 Å². The van der Waals surface area contributed by atoms with Crippen molar-refractivity contribution >= 4 is 35.1 Å². The van der Waals surface area contributed by atoms with Gasteiger partial charge in [0.25, 0.3) is 0 Å². The fraction of sp³-hybridized carbons (Fsp3) is 0.448. The number of rotatable bonds is 10. The van der Waals surface area contributed by atoms with E-state index in [-0.39, 0.29) is 36.8 Å². The Morgan fingerprint density at radius 2 is 1.82 bits per heavy atom. The molecule has 2 aromatic rings. The largest absolute Gasteiger partial charge is 0.493 e. The second-order valence-corrected chi connectivity index (χ2v) is 10.4. The Morgan fingerprint density at radius 3 is 2.50 bits per heavy atom. The summed E-state index contributed by atoms with van der Waals surface area (Å²) in [7, 11) is 1.76. The van der Waals surface area contributed by atoms with Gasteiger partial charge in [-0.2, -0.15) is 0 Å². The van der Waals surface area contributed by atoms with Crippen molar-refractivity contribution in [2.24, 2.45) is 10.4 Å². The van der Waals surface area contributed by atoms with Crippen molar-refractivity contribution in [3.8, 4) is 5.75 Å². The Kier molecular flexibility index (Phi) is 9.87. The van der Waals surface area contributed by atoms with Crippen LogP contribution in [0.3, 0.4) is 0 Å². The Bertz CT molecular complexity index is 1160. The Hall–Kier alpha value is -3.88. The van der Waals surface area contributed by atoms with E-state index in [0.717, 1.165) is 11.3 Å². The maximum absolute atomic E-state index is 12.6. The number of ether oxygens (including phenoxy) is 2. The van der Waals surface area contributed by atoms with Crippen LogP contribution in [0.15, 0.2) is 53.5 Å². The highest BCUT2D eigenvalue weighted by Gasteiger charge is 2.27. The molecule has 0 saturated heterocycles. The van der Waals surface area contributed by atoms with E-state index in [1.165, 1.54) is 0 Å². The third-order valence-electron chi connectivity index (χ3n) is 5.85. The molecular weight excluding hydrogens is 484 g/mol. The number of aliphatic imine (C=N–C) groups is 1. The van der Waals surface area contributed by atoms with Crippen LogP contribution in [-0.2, 0) is 25.7 Å². The summed E-state index contributed by atoms with van der Waals surface area (Å²) < 4.78 is 11.5. The number of nitrogens with one attached hydrogen (secondary N) is 1. The topological polar surface area (TPSA) is 101 Å². The van der Waals surface area contributed by atoms with Gasteiger partial charge in [-0.3, -0.25) is 19.7 Å². The molecule has 9 nitrogen and oxygen atoms in total. The first-order chi connectivity index (χ1) is 18.1. The lowest BCUT2D eigenvalue weighted by atomic mass is 9.99. The van der Waals surface area contributed by atoms with Gasteiger partial charge in [-0.05, 0) is 36.1 Å². The van der Waals surface area contributed by atoms with Crippen molar-refractivity contribution in [2.45, 2.75) is 53.5 Å². The molecule has 9 heteroatoms. The van der Waals surface area contributed by atoms with Crippen LogP contribution in [0.5, 0.6) is 5.75 Å². The van der Waals surface area contributed by atoms with E-state index in [1.807, 2.05) is 69.3 Å². The third-order valence-corrected chi connectivity index (χ3v) is 5.85. The molecule has 38 heavy (non-hydrogen) atoms. The summed E-state index contributed by atoms with van der Waals surface area (Å²) >= 11 is 0. The maximum Gasteiger partial charge on any atom is 0.325 e. The van der Waals surface area contributed by atoms with Gasteiger partial charge in [-0.25, -0.2) is 4.99 Å². The number of esters is 1. The van der Waals surface area contributed by atoms with Gasteiger partial charge >= 0.3 is 5.97 Å². The summed E-state index contributed by atoms with van der Waals surface area (Å²) in [6.07, 6.45) is 1.18. The van der Waals surface area contributed by atoms with Crippen LogP contribution < -0.4 is 15.0 Å². The first-order valence-electron chi connectivity index (χ1n) is 12.9. The van der Waals surface area contributed by atoms with Crippen LogP contribution in [0, 0.1) is 5.41 Å². The number of anilines is 1. The lowest BCUT2D eigenvalue weighted by Crippen LogP contribution is -2.47. The highest BCUT2D eigenvalue weighted by molar-refractivity contribution is 6.00. The number of carbonyl (C=O) groups excluding carboxylic acids is 3. The normalized spacial score (nSPS) is 12.8. The number of hydrogen-bond acceptors (Lipinski definition) is 7. The predicted octanol–water partition coefficient (Wildman–Crippen LogP) is 4.43. The lowest BCUT2D eigenvalue weighted by Gasteiger charge is -2.31. The van der Waals surface area contributed by atoms with E-state index in [9.17, 15) is 14.4 Å². The second kappa shape index (κ2) is 13.1. The van der Waals surface area contributed by atoms with Crippen molar-refractivity contribution in [3.63, 3.8) is 0 Å². The van der Waals surface area contributed by atoms with E-state index in [0.29, 0.717) is 43.4 Å². The Labute approximate surface area is 224 Å².